The molecule has 25 heteroatoms. The Morgan fingerprint density at radius 1 is 0.388 bits per heavy atom. The van der Waals surface area contributed by atoms with Crippen LogP contribution in [0.2, 0.25) is 0 Å². The number of rotatable bonds is 8. The number of carbonyl (C=O) groups is 2. The maximum atomic E-state index is 15.4. The summed E-state index contributed by atoms with van der Waals surface area (Å²) in [6.45, 7) is 0.212. The zero-order valence-electron chi connectivity index (χ0n) is 32.0. The van der Waals surface area contributed by atoms with E-state index >= 15 is 35.1 Å². The molecule has 0 fully saturated rings. The Kier molecular flexibility index (Phi) is 13.2. The summed E-state index contributed by atoms with van der Waals surface area (Å²) in [6, 6.07) is 18.1. The van der Waals surface area contributed by atoms with Crippen molar-refractivity contribution in [1.82, 2.24) is 0 Å². The number of fused-ring (bicyclic) bond motifs is 1. The summed E-state index contributed by atoms with van der Waals surface area (Å²) < 4.78 is 296. The SMILES string of the molecule is Fc1c(F)c(F)c([B-](c2c(F)c(F)c(F)c(F)c2F)(c2c(F)c(F)c(F)c(F)c2F)c2c(F)c(F)c(F)c(F)c2F)c(F)c1F.NC(=O)c1cccc2c1ccc[n+]2CC(=O)c1ccccc1. The number of hydrogen-bond donors (Lipinski definition) is 1. The normalized spacial score (nSPS) is 11.5. The number of Topliss-reactive ketones (excluding diaryl/α,β-unsaturated/α-hetero) is 1. The van der Waals surface area contributed by atoms with Gasteiger partial charge in [-0.2, -0.15) is 4.57 Å². The Bertz CT molecular complexity index is 2840. The van der Waals surface area contributed by atoms with Gasteiger partial charge >= 0.3 is 0 Å². The van der Waals surface area contributed by atoms with Crippen molar-refractivity contribution in [1.29, 1.82) is 0 Å². The van der Waals surface area contributed by atoms with Crippen LogP contribution in [0.4, 0.5) is 87.8 Å². The summed E-state index contributed by atoms with van der Waals surface area (Å²) in [5.74, 6) is -71.9. The van der Waals surface area contributed by atoms with Gasteiger partial charge in [0, 0.05) is 17.7 Å². The van der Waals surface area contributed by atoms with Gasteiger partial charge in [0.1, 0.15) is 52.7 Å². The highest BCUT2D eigenvalue weighted by Crippen LogP contribution is 2.31. The molecule has 2 N–H and O–H groups in total. The van der Waals surface area contributed by atoms with Crippen LogP contribution in [0.3, 0.4) is 0 Å². The molecule has 0 atom stereocenters. The lowest BCUT2D eigenvalue weighted by molar-refractivity contribution is -0.657. The van der Waals surface area contributed by atoms with Gasteiger partial charge in [0.05, 0.1) is 10.9 Å². The number of amides is 1. The fourth-order valence-electron chi connectivity index (χ4n) is 7.40. The molecule has 0 bridgehead atoms. The van der Waals surface area contributed by atoms with Gasteiger partial charge in [-0.25, -0.2) is 87.8 Å². The van der Waals surface area contributed by atoms with Crippen molar-refractivity contribution in [3.63, 3.8) is 0 Å². The maximum Gasteiger partial charge on any atom is 0.249 e. The van der Waals surface area contributed by atoms with Gasteiger partial charge < -0.3 is 5.73 Å². The lowest BCUT2D eigenvalue weighted by atomic mass is 9.12. The van der Waals surface area contributed by atoms with Crippen molar-refractivity contribution in [3.8, 4) is 0 Å². The molecule has 0 aliphatic rings. The summed E-state index contributed by atoms with van der Waals surface area (Å²) in [6.07, 6.45) is -5.39. The minimum absolute atomic E-state index is 0.0163. The van der Waals surface area contributed by atoms with E-state index in [-0.39, 0.29) is 12.3 Å². The van der Waals surface area contributed by atoms with E-state index < -0.39 is 150 Å². The average molecular weight is 970 g/mol. The van der Waals surface area contributed by atoms with Crippen LogP contribution in [0.15, 0.2) is 66.9 Å². The smallest absolute Gasteiger partial charge is 0.249 e. The van der Waals surface area contributed by atoms with Crippen LogP contribution >= 0.6 is 0 Å². The Balaban J connectivity index is 0.000000279. The molecule has 0 aliphatic heterocycles. The molecule has 67 heavy (non-hydrogen) atoms. The number of nitrogens with two attached hydrogens (primary N) is 1. The first-order chi connectivity index (χ1) is 31.4. The third kappa shape index (κ3) is 7.64. The standard InChI is InChI=1S/C24BF20.C18H14N2O2/c26-5-1(6(27)14(35)21(42)13(5)34)25(2-7(28)15(36)22(43)16(37)8(2)29,3-9(30)17(38)23(44)18(39)10(3)31)4-11(32)19(40)24(45)20(41)12(4)33;19-18(22)15-8-4-10-16-14(15)9-5-11-20(16)12-17(21)13-6-2-1-3-7-13/h;1-11H,12H2,(H-,19,22)/q-1;/p+1. The van der Waals surface area contributed by atoms with Crippen LogP contribution in [-0.4, -0.2) is 17.8 Å². The summed E-state index contributed by atoms with van der Waals surface area (Å²) >= 11 is 0. The minimum atomic E-state index is -7.22. The predicted molar refractivity (Wildman–Crippen MR) is 193 cm³/mol. The predicted octanol–water partition coefficient (Wildman–Crippen LogP) is 7.96. The van der Waals surface area contributed by atoms with E-state index in [2.05, 4.69) is 0 Å². The van der Waals surface area contributed by atoms with Gasteiger partial charge in [-0.3, -0.25) is 9.59 Å². The zero-order valence-corrected chi connectivity index (χ0v) is 32.0. The largest absolute Gasteiger partial charge is 0.366 e. The van der Waals surface area contributed by atoms with Gasteiger partial charge in [0.2, 0.25) is 23.8 Å². The number of halogens is 20. The number of nitrogens with zero attached hydrogens (tertiary/aromatic N) is 1. The van der Waals surface area contributed by atoms with Crippen molar-refractivity contribution in [2.24, 2.45) is 5.73 Å². The Labute approximate surface area is 359 Å². The molecule has 0 unspecified atom stereocenters. The molecular weight excluding hydrogens is 955 g/mol. The molecule has 0 spiro atoms. The lowest BCUT2D eigenvalue weighted by Crippen LogP contribution is -2.81. The minimum Gasteiger partial charge on any atom is -0.366 e. The Morgan fingerprint density at radius 2 is 0.701 bits per heavy atom. The topological polar surface area (TPSA) is 64.0 Å². The van der Waals surface area contributed by atoms with Gasteiger partial charge in [0.25, 0.3) is 0 Å². The number of benzene rings is 6. The monoisotopic (exact) mass is 970 g/mol. The molecule has 4 nitrogen and oxygen atoms in total. The van der Waals surface area contributed by atoms with Crippen molar-refractivity contribution in [2.75, 3.05) is 0 Å². The number of primary amides is 1. The average Bonchev–Trinajstić information content (AvgIpc) is 3.31. The van der Waals surface area contributed by atoms with Gasteiger partial charge in [-0.05, 0) is 12.1 Å². The maximum absolute atomic E-state index is 15.4. The van der Waals surface area contributed by atoms with Crippen molar-refractivity contribution in [2.45, 2.75) is 6.54 Å². The van der Waals surface area contributed by atoms with E-state index in [0.29, 0.717) is 11.1 Å². The highest BCUT2D eigenvalue weighted by Gasteiger charge is 2.52. The third-order valence-electron chi connectivity index (χ3n) is 10.3. The van der Waals surface area contributed by atoms with E-state index in [9.17, 15) is 62.3 Å². The number of ketones is 1. The molecular formula is C42H15BF20N2O2. The number of hydrogen-bond acceptors (Lipinski definition) is 2. The highest BCUT2D eigenvalue weighted by molar-refractivity contribution is 7.20. The van der Waals surface area contributed by atoms with Crippen LogP contribution in [0.5, 0.6) is 0 Å². The van der Waals surface area contributed by atoms with E-state index in [0.717, 1.165) is 10.9 Å². The molecule has 1 aromatic heterocycles. The zero-order chi connectivity index (χ0) is 49.9. The highest BCUT2D eigenvalue weighted by atomic mass is 19.2. The second-order valence-corrected chi connectivity index (χ2v) is 13.8. The summed E-state index contributed by atoms with van der Waals surface area (Å²) in [7, 11) is 0. The molecule has 0 saturated carbocycles. The van der Waals surface area contributed by atoms with Crippen molar-refractivity contribution < 1.29 is 102 Å². The summed E-state index contributed by atoms with van der Waals surface area (Å²) in [5, 5.41) is 0.748. The van der Waals surface area contributed by atoms with Gasteiger partial charge in [-0.15, -0.1) is 21.9 Å². The first-order valence-electron chi connectivity index (χ1n) is 17.9. The first-order valence-corrected chi connectivity index (χ1v) is 17.9. The number of pyridine rings is 1. The quantitative estimate of drug-likeness (QED) is 0.0420. The fraction of sp³-hybridized carbons (Fsp3) is 0.0238. The van der Waals surface area contributed by atoms with Crippen LogP contribution < -0.4 is 32.2 Å². The van der Waals surface area contributed by atoms with Crippen molar-refractivity contribution >= 4 is 50.6 Å². The Morgan fingerprint density at radius 3 is 1.01 bits per heavy atom. The Hall–Kier alpha value is -7.47. The number of carbonyl (C=O) groups excluding carboxylic acids is 2. The van der Waals surface area contributed by atoms with E-state index in [4.69, 9.17) is 5.73 Å². The third-order valence-corrected chi connectivity index (χ3v) is 10.3. The lowest BCUT2D eigenvalue weighted by Gasteiger charge is -2.44. The molecule has 348 valence electrons. The molecule has 7 rings (SSSR count). The molecule has 0 saturated heterocycles. The van der Waals surface area contributed by atoms with Crippen LogP contribution in [0.1, 0.15) is 20.7 Å². The second kappa shape index (κ2) is 18.1. The van der Waals surface area contributed by atoms with Gasteiger partial charge in [0.15, 0.2) is 76.0 Å². The second-order valence-electron chi connectivity index (χ2n) is 13.8. The van der Waals surface area contributed by atoms with Crippen molar-refractivity contribution in [3.05, 3.63) is 194 Å². The van der Waals surface area contributed by atoms with Crippen LogP contribution in [0, 0.1) is 116 Å². The fourth-order valence-corrected chi connectivity index (χ4v) is 7.40. The van der Waals surface area contributed by atoms with E-state index in [1.807, 2.05) is 47.2 Å². The van der Waals surface area contributed by atoms with Crippen LogP contribution in [0.25, 0.3) is 10.9 Å². The summed E-state index contributed by atoms with van der Waals surface area (Å²) in [5.41, 5.74) is -6.99. The van der Waals surface area contributed by atoms with Crippen LogP contribution in [-0.2, 0) is 6.54 Å². The molecule has 6 aromatic carbocycles. The van der Waals surface area contributed by atoms with E-state index in [1.54, 1.807) is 24.3 Å². The molecule has 0 aliphatic carbocycles. The molecule has 7 aromatic rings. The number of aromatic nitrogens is 1. The molecule has 0 radical (unpaired) electrons. The molecule has 1 amide bonds. The first kappa shape index (κ1) is 49.0. The summed E-state index contributed by atoms with van der Waals surface area (Å²) in [4.78, 5) is 23.9. The van der Waals surface area contributed by atoms with Gasteiger partial charge in [-0.1, -0.05) is 36.4 Å². The van der Waals surface area contributed by atoms with E-state index in [1.165, 1.54) is 0 Å². The molecule has 1 heterocycles.